The first kappa shape index (κ1) is 9.00. The molecule has 0 aromatic rings. The SMILES string of the molecule is CCOC(=O)[C@@H]1C(N)[C@@H]2CC[C@H]1C2. The van der Waals surface area contributed by atoms with Crippen molar-refractivity contribution in [3.8, 4) is 0 Å². The predicted molar refractivity (Wildman–Crippen MR) is 48.9 cm³/mol. The Morgan fingerprint density at radius 3 is 2.69 bits per heavy atom. The van der Waals surface area contributed by atoms with Crippen LogP contribution in [-0.2, 0) is 9.53 Å². The maximum absolute atomic E-state index is 11.5. The predicted octanol–water partition coefficient (Wildman–Crippen LogP) is 0.923. The van der Waals surface area contributed by atoms with E-state index in [0.29, 0.717) is 18.4 Å². The minimum absolute atomic E-state index is 0.00120. The molecule has 2 aliphatic rings. The molecule has 2 N–H and O–H groups in total. The maximum atomic E-state index is 11.5. The lowest BCUT2D eigenvalue weighted by Crippen LogP contribution is -2.41. The number of hydrogen-bond acceptors (Lipinski definition) is 3. The van der Waals surface area contributed by atoms with Crippen molar-refractivity contribution in [2.24, 2.45) is 23.5 Å². The van der Waals surface area contributed by atoms with E-state index in [9.17, 15) is 4.79 Å². The lowest BCUT2D eigenvalue weighted by molar-refractivity contribution is -0.150. The molecule has 4 atom stereocenters. The minimum atomic E-state index is -0.0674. The molecule has 2 rings (SSSR count). The van der Waals surface area contributed by atoms with Gasteiger partial charge >= 0.3 is 5.97 Å². The standard InChI is InChI=1S/C10H17NO2/c1-2-13-10(12)8-6-3-4-7(5-6)9(8)11/h6-9H,2-5,11H2,1H3/t6-,7+,8-,9?/m0/s1. The Balaban J connectivity index is 2.03. The number of fused-ring (bicyclic) bond motifs is 2. The zero-order valence-corrected chi connectivity index (χ0v) is 8.03. The van der Waals surface area contributed by atoms with E-state index in [-0.39, 0.29) is 17.9 Å². The van der Waals surface area contributed by atoms with Crippen molar-refractivity contribution in [1.82, 2.24) is 0 Å². The number of carbonyl (C=O) groups is 1. The second-order valence-electron chi connectivity index (χ2n) is 4.19. The summed E-state index contributed by atoms with van der Waals surface area (Å²) >= 11 is 0. The van der Waals surface area contributed by atoms with Gasteiger partial charge in [0.15, 0.2) is 0 Å². The number of esters is 1. The van der Waals surface area contributed by atoms with Crippen LogP contribution in [0.3, 0.4) is 0 Å². The van der Waals surface area contributed by atoms with Crippen molar-refractivity contribution >= 4 is 5.97 Å². The van der Waals surface area contributed by atoms with E-state index < -0.39 is 0 Å². The lowest BCUT2D eigenvalue weighted by Gasteiger charge is -2.25. The quantitative estimate of drug-likeness (QED) is 0.648. The molecule has 0 aliphatic heterocycles. The summed E-state index contributed by atoms with van der Waals surface area (Å²) in [5.41, 5.74) is 5.99. The number of nitrogens with two attached hydrogens (primary N) is 1. The van der Waals surface area contributed by atoms with Gasteiger partial charge < -0.3 is 10.5 Å². The largest absolute Gasteiger partial charge is 0.466 e. The van der Waals surface area contributed by atoms with E-state index in [4.69, 9.17) is 10.5 Å². The molecule has 3 heteroatoms. The van der Waals surface area contributed by atoms with Gasteiger partial charge in [0, 0.05) is 6.04 Å². The normalized spacial score (nSPS) is 42.3. The molecule has 2 saturated carbocycles. The van der Waals surface area contributed by atoms with E-state index in [1.54, 1.807) is 0 Å². The molecular weight excluding hydrogens is 166 g/mol. The van der Waals surface area contributed by atoms with Crippen molar-refractivity contribution in [3.05, 3.63) is 0 Å². The fourth-order valence-electron chi connectivity index (χ4n) is 2.92. The molecule has 0 amide bonds. The summed E-state index contributed by atoms with van der Waals surface area (Å²) in [5.74, 6) is 1.03. The molecule has 1 unspecified atom stereocenters. The van der Waals surface area contributed by atoms with Crippen LogP contribution < -0.4 is 5.73 Å². The van der Waals surface area contributed by atoms with Crippen molar-refractivity contribution < 1.29 is 9.53 Å². The first-order chi connectivity index (χ1) is 6.24. The number of carbonyl (C=O) groups excluding carboxylic acids is 1. The topological polar surface area (TPSA) is 52.3 Å². The lowest BCUT2D eigenvalue weighted by atomic mass is 9.85. The Bertz CT molecular complexity index is 215. The third-order valence-corrected chi connectivity index (χ3v) is 3.54. The van der Waals surface area contributed by atoms with E-state index in [1.165, 1.54) is 12.8 Å². The zero-order valence-electron chi connectivity index (χ0n) is 8.03. The summed E-state index contributed by atoms with van der Waals surface area (Å²) in [6, 6.07) is 0.0674. The summed E-state index contributed by atoms with van der Waals surface area (Å²) in [6.07, 6.45) is 3.52. The van der Waals surface area contributed by atoms with Gasteiger partial charge in [0.1, 0.15) is 0 Å². The summed E-state index contributed by atoms with van der Waals surface area (Å²) in [6.45, 7) is 2.32. The van der Waals surface area contributed by atoms with Crippen LogP contribution in [0, 0.1) is 17.8 Å². The number of rotatable bonds is 2. The van der Waals surface area contributed by atoms with Crippen LogP contribution >= 0.6 is 0 Å². The highest BCUT2D eigenvalue weighted by Gasteiger charge is 2.49. The Kier molecular flexibility index (Phi) is 2.28. The maximum Gasteiger partial charge on any atom is 0.310 e. The third kappa shape index (κ3) is 1.35. The molecule has 0 spiro atoms. The zero-order chi connectivity index (χ0) is 9.42. The Morgan fingerprint density at radius 2 is 2.15 bits per heavy atom. The molecule has 2 bridgehead atoms. The van der Waals surface area contributed by atoms with Gasteiger partial charge in [-0.3, -0.25) is 4.79 Å². The van der Waals surface area contributed by atoms with Crippen molar-refractivity contribution in [1.29, 1.82) is 0 Å². The van der Waals surface area contributed by atoms with Crippen LogP contribution in [0.15, 0.2) is 0 Å². The monoisotopic (exact) mass is 183 g/mol. The highest BCUT2D eigenvalue weighted by atomic mass is 16.5. The van der Waals surface area contributed by atoms with Gasteiger partial charge in [0.25, 0.3) is 0 Å². The van der Waals surface area contributed by atoms with E-state index in [2.05, 4.69) is 0 Å². The van der Waals surface area contributed by atoms with Crippen LogP contribution in [0.4, 0.5) is 0 Å². The molecule has 0 radical (unpaired) electrons. The van der Waals surface area contributed by atoms with Gasteiger partial charge in [-0.25, -0.2) is 0 Å². The molecule has 0 heterocycles. The fourth-order valence-corrected chi connectivity index (χ4v) is 2.92. The minimum Gasteiger partial charge on any atom is -0.466 e. The van der Waals surface area contributed by atoms with Crippen LogP contribution in [0.25, 0.3) is 0 Å². The van der Waals surface area contributed by atoms with Gasteiger partial charge in [-0.15, -0.1) is 0 Å². The van der Waals surface area contributed by atoms with Gasteiger partial charge in [-0.1, -0.05) is 0 Å². The molecule has 13 heavy (non-hydrogen) atoms. The Hall–Kier alpha value is -0.570. The highest BCUT2D eigenvalue weighted by Crippen LogP contribution is 2.47. The molecule has 3 nitrogen and oxygen atoms in total. The summed E-state index contributed by atoms with van der Waals surface area (Å²) in [5, 5.41) is 0. The van der Waals surface area contributed by atoms with E-state index in [0.717, 1.165) is 6.42 Å². The molecule has 0 aromatic heterocycles. The molecule has 0 saturated heterocycles. The highest BCUT2D eigenvalue weighted by molar-refractivity contribution is 5.74. The fraction of sp³-hybridized carbons (Fsp3) is 0.900. The number of ether oxygens (including phenoxy) is 1. The molecule has 2 aliphatic carbocycles. The molecule has 74 valence electrons. The van der Waals surface area contributed by atoms with Gasteiger partial charge in [0.05, 0.1) is 12.5 Å². The first-order valence-electron chi connectivity index (χ1n) is 5.16. The Morgan fingerprint density at radius 1 is 1.46 bits per heavy atom. The van der Waals surface area contributed by atoms with E-state index in [1.807, 2.05) is 6.92 Å². The van der Waals surface area contributed by atoms with E-state index >= 15 is 0 Å². The molecule has 2 fully saturated rings. The van der Waals surface area contributed by atoms with Crippen LogP contribution in [-0.4, -0.2) is 18.6 Å². The third-order valence-electron chi connectivity index (χ3n) is 3.54. The molecular formula is C10H17NO2. The van der Waals surface area contributed by atoms with Gasteiger partial charge in [-0.2, -0.15) is 0 Å². The van der Waals surface area contributed by atoms with Crippen LogP contribution in [0.1, 0.15) is 26.2 Å². The van der Waals surface area contributed by atoms with Crippen LogP contribution in [0.5, 0.6) is 0 Å². The number of hydrogen-bond donors (Lipinski definition) is 1. The summed E-state index contributed by atoms with van der Waals surface area (Å²) in [7, 11) is 0. The second kappa shape index (κ2) is 3.29. The van der Waals surface area contributed by atoms with Crippen molar-refractivity contribution in [2.75, 3.05) is 6.61 Å². The summed E-state index contributed by atoms with van der Waals surface area (Å²) < 4.78 is 5.03. The second-order valence-corrected chi connectivity index (χ2v) is 4.19. The van der Waals surface area contributed by atoms with Gasteiger partial charge in [0.2, 0.25) is 0 Å². The molecule has 0 aromatic carbocycles. The Labute approximate surface area is 78.6 Å². The van der Waals surface area contributed by atoms with Crippen LogP contribution in [0.2, 0.25) is 0 Å². The van der Waals surface area contributed by atoms with Crippen molar-refractivity contribution in [3.63, 3.8) is 0 Å². The summed E-state index contributed by atoms with van der Waals surface area (Å²) in [4.78, 5) is 11.5. The average molecular weight is 183 g/mol. The first-order valence-corrected chi connectivity index (χ1v) is 5.16. The average Bonchev–Trinajstić information content (AvgIpc) is 2.63. The van der Waals surface area contributed by atoms with Crippen molar-refractivity contribution in [2.45, 2.75) is 32.2 Å². The smallest absolute Gasteiger partial charge is 0.310 e. The van der Waals surface area contributed by atoms with Gasteiger partial charge in [-0.05, 0) is 38.0 Å².